The predicted molar refractivity (Wildman–Crippen MR) is 102 cm³/mol. The Morgan fingerprint density at radius 1 is 1.29 bits per heavy atom. The van der Waals surface area contributed by atoms with E-state index in [1.165, 1.54) is 0 Å². The molecule has 0 saturated heterocycles. The summed E-state index contributed by atoms with van der Waals surface area (Å²) in [6, 6.07) is 0. The van der Waals surface area contributed by atoms with Gasteiger partial charge in [-0.25, -0.2) is 14.4 Å². The Hall–Kier alpha value is -2.02. The van der Waals surface area contributed by atoms with Crippen molar-refractivity contribution in [3.05, 3.63) is 29.2 Å². The summed E-state index contributed by atoms with van der Waals surface area (Å²) in [4.78, 5) is 20.9. The molecule has 150 valence electrons. The molecule has 3 fully saturated rings. The third kappa shape index (κ3) is 3.52. The van der Waals surface area contributed by atoms with Crippen molar-refractivity contribution < 1.29 is 13.9 Å². The summed E-state index contributed by atoms with van der Waals surface area (Å²) in [5, 5.41) is 4.08. The van der Waals surface area contributed by atoms with Crippen LogP contribution in [0.2, 0.25) is 5.28 Å². The molecule has 0 N–H and O–H groups in total. The Morgan fingerprint density at radius 3 is 2.64 bits per heavy atom. The smallest absolute Gasteiger partial charge is 0.309 e. The van der Waals surface area contributed by atoms with Gasteiger partial charge in [-0.05, 0) is 68.4 Å². The Kier molecular flexibility index (Phi) is 5.36. The minimum Gasteiger partial charge on any atom is -0.466 e. The van der Waals surface area contributed by atoms with Crippen molar-refractivity contribution in [2.24, 2.45) is 30.7 Å². The summed E-state index contributed by atoms with van der Waals surface area (Å²) in [7, 11) is 1.76. The van der Waals surface area contributed by atoms with E-state index < -0.39 is 5.82 Å². The van der Waals surface area contributed by atoms with E-state index in [0.29, 0.717) is 30.4 Å². The van der Waals surface area contributed by atoms with E-state index in [-0.39, 0.29) is 34.5 Å². The van der Waals surface area contributed by atoms with Crippen LogP contribution in [0.15, 0.2) is 12.4 Å². The van der Waals surface area contributed by atoms with Gasteiger partial charge in [0.25, 0.3) is 0 Å². The van der Waals surface area contributed by atoms with Crippen LogP contribution in [0.4, 0.5) is 4.39 Å². The lowest BCUT2D eigenvalue weighted by Crippen LogP contribution is -2.45. The van der Waals surface area contributed by atoms with Crippen molar-refractivity contribution in [2.45, 2.75) is 39.0 Å². The standard InChI is InChI=1S/C20H24ClFN4O2/c1-3-28-19(27)16-12-6-4-11(5-7-12)14(16)8-15-17(22)18(25-20(21)24-15)13-9-23-26(2)10-13/h9-12,14,16H,3-8H2,1-2H3/t11?,12?,14-,16-/m0/s1. The largest absolute Gasteiger partial charge is 0.466 e. The van der Waals surface area contributed by atoms with Gasteiger partial charge in [0, 0.05) is 18.8 Å². The molecule has 3 aliphatic rings. The lowest BCUT2D eigenvalue weighted by Gasteiger charge is -2.47. The third-order valence-electron chi connectivity index (χ3n) is 6.25. The Labute approximate surface area is 168 Å². The van der Waals surface area contributed by atoms with E-state index in [9.17, 15) is 4.79 Å². The number of esters is 1. The zero-order chi connectivity index (χ0) is 19.8. The number of fused-ring (bicyclic) bond motifs is 3. The minimum absolute atomic E-state index is 0.00362. The summed E-state index contributed by atoms with van der Waals surface area (Å²) < 4.78 is 22.2. The highest BCUT2D eigenvalue weighted by molar-refractivity contribution is 6.28. The zero-order valence-corrected chi connectivity index (χ0v) is 16.8. The van der Waals surface area contributed by atoms with Gasteiger partial charge in [0.1, 0.15) is 5.69 Å². The molecule has 3 aliphatic carbocycles. The molecule has 0 radical (unpaired) electrons. The maximum atomic E-state index is 15.3. The summed E-state index contributed by atoms with van der Waals surface area (Å²) in [6.07, 6.45) is 7.83. The molecule has 2 aromatic heterocycles. The number of ether oxygens (including phenoxy) is 1. The van der Waals surface area contributed by atoms with Gasteiger partial charge >= 0.3 is 5.97 Å². The monoisotopic (exact) mass is 406 g/mol. The highest BCUT2D eigenvalue weighted by Crippen LogP contribution is 2.50. The highest BCUT2D eigenvalue weighted by Gasteiger charge is 2.48. The molecule has 2 heterocycles. The van der Waals surface area contributed by atoms with Crippen LogP contribution < -0.4 is 0 Å². The van der Waals surface area contributed by atoms with Crippen LogP contribution >= 0.6 is 11.6 Å². The second-order valence-electron chi connectivity index (χ2n) is 7.83. The van der Waals surface area contributed by atoms with Crippen LogP contribution in [-0.2, 0) is 23.0 Å². The van der Waals surface area contributed by atoms with Gasteiger partial charge < -0.3 is 4.74 Å². The van der Waals surface area contributed by atoms with Gasteiger partial charge in [-0.1, -0.05) is 0 Å². The van der Waals surface area contributed by atoms with E-state index in [4.69, 9.17) is 16.3 Å². The fraction of sp³-hybridized carbons (Fsp3) is 0.600. The fourth-order valence-corrected chi connectivity index (χ4v) is 5.22. The molecule has 8 heteroatoms. The number of hydrogen-bond acceptors (Lipinski definition) is 5. The van der Waals surface area contributed by atoms with Gasteiger partial charge in [0.05, 0.1) is 24.4 Å². The first-order valence-corrected chi connectivity index (χ1v) is 10.2. The van der Waals surface area contributed by atoms with Gasteiger partial charge in [0.2, 0.25) is 5.28 Å². The molecular weight excluding hydrogens is 383 g/mol. The first kappa shape index (κ1) is 19.3. The van der Waals surface area contributed by atoms with Crippen molar-refractivity contribution in [2.75, 3.05) is 6.61 Å². The van der Waals surface area contributed by atoms with E-state index in [1.54, 1.807) is 24.1 Å². The fourth-order valence-electron chi connectivity index (χ4n) is 5.03. The van der Waals surface area contributed by atoms with Crippen molar-refractivity contribution in [3.8, 4) is 11.3 Å². The predicted octanol–water partition coefficient (Wildman–Crippen LogP) is 3.83. The van der Waals surface area contributed by atoms with Gasteiger partial charge in [0.15, 0.2) is 5.82 Å². The highest BCUT2D eigenvalue weighted by atomic mass is 35.5. The van der Waals surface area contributed by atoms with Gasteiger partial charge in [-0.15, -0.1) is 0 Å². The van der Waals surface area contributed by atoms with Gasteiger partial charge in [-0.2, -0.15) is 5.10 Å². The first-order chi connectivity index (χ1) is 13.5. The van der Waals surface area contributed by atoms with Crippen LogP contribution in [0.25, 0.3) is 11.3 Å². The van der Waals surface area contributed by atoms with Crippen LogP contribution in [0, 0.1) is 29.5 Å². The second kappa shape index (κ2) is 7.78. The summed E-state index contributed by atoms with van der Waals surface area (Å²) in [6.45, 7) is 2.18. The molecule has 2 atom stereocenters. The number of carbonyl (C=O) groups excluding carboxylic acids is 1. The topological polar surface area (TPSA) is 69.9 Å². The van der Waals surface area contributed by atoms with Crippen molar-refractivity contribution in [1.29, 1.82) is 0 Å². The molecule has 0 aromatic carbocycles. The number of halogens is 2. The number of rotatable bonds is 5. The molecule has 0 amide bonds. The van der Waals surface area contributed by atoms with Crippen LogP contribution in [0.3, 0.4) is 0 Å². The molecule has 0 unspecified atom stereocenters. The maximum absolute atomic E-state index is 15.3. The molecule has 2 bridgehead atoms. The lowest BCUT2D eigenvalue weighted by molar-refractivity contribution is -0.158. The van der Waals surface area contributed by atoms with Gasteiger partial charge in [-0.3, -0.25) is 9.48 Å². The molecule has 3 saturated carbocycles. The van der Waals surface area contributed by atoms with Crippen molar-refractivity contribution in [3.63, 3.8) is 0 Å². The molecule has 5 rings (SSSR count). The van der Waals surface area contributed by atoms with Crippen molar-refractivity contribution in [1.82, 2.24) is 19.7 Å². The Balaban J connectivity index is 1.67. The minimum atomic E-state index is -0.485. The summed E-state index contributed by atoms with van der Waals surface area (Å²) >= 11 is 6.12. The number of aryl methyl sites for hydroxylation is 1. The normalized spacial score (nSPS) is 26.4. The second-order valence-corrected chi connectivity index (χ2v) is 8.16. The van der Waals surface area contributed by atoms with Crippen LogP contribution in [0.5, 0.6) is 0 Å². The average Bonchev–Trinajstić information content (AvgIpc) is 3.11. The average molecular weight is 407 g/mol. The van der Waals surface area contributed by atoms with E-state index in [1.807, 2.05) is 6.92 Å². The molecule has 0 aliphatic heterocycles. The summed E-state index contributed by atoms with van der Waals surface area (Å²) in [5.74, 6) is -0.116. The number of nitrogens with zero attached hydrogens (tertiary/aromatic N) is 4. The number of carbonyl (C=O) groups is 1. The van der Waals surface area contributed by atoms with Crippen molar-refractivity contribution >= 4 is 17.6 Å². The Morgan fingerprint density at radius 2 is 2.00 bits per heavy atom. The van der Waals surface area contributed by atoms with Crippen LogP contribution in [-0.4, -0.2) is 32.3 Å². The summed E-state index contributed by atoms with van der Waals surface area (Å²) in [5.41, 5.74) is 0.972. The van der Waals surface area contributed by atoms with E-state index >= 15 is 4.39 Å². The van der Waals surface area contributed by atoms with Crippen LogP contribution in [0.1, 0.15) is 38.3 Å². The first-order valence-electron chi connectivity index (χ1n) is 9.85. The Bertz CT molecular complexity index is 879. The number of hydrogen-bond donors (Lipinski definition) is 0. The zero-order valence-electron chi connectivity index (χ0n) is 16.1. The molecular formula is C20H24ClFN4O2. The SMILES string of the molecule is CCOC(=O)[C@H]1C2CCC(CC2)[C@@H]1Cc1nc(Cl)nc(-c2cnn(C)c2)c1F. The number of aromatic nitrogens is 4. The lowest BCUT2D eigenvalue weighted by atomic mass is 9.57. The molecule has 28 heavy (non-hydrogen) atoms. The molecule has 6 nitrogen and oxygen atoms in total. The molecule has 0 spiro atoms. The third-order valence-corrected chi connectivity index (χ3v) is 6.42. The van der Waals surface area contributed by atoms with E-state index in [2.05, 4.69) is 15.1 Å². The quantitative estimate of drug-likeness (QED) is 0.557. The van der Waals surface area contributed by atoms with E-state index in [0.717, 1.165) is 25.7 Å². The molecule has 2 aromatic rings. The maximum Gasteiger partial charge on any atom is 0.309 e.